The van der Waals surface area contributed by atoms with Gasteiger partial charge in [0.05, 0.1) is 12.9 Å². The van der Waals surface area contributed by atoms with E-state index in [1.54, 1.807) is 17.3 Å². The highest BCUT2D eigenvalue weighted by Crippen LogP contribution is 2.15. The Morgan fingerprint density at radius 2 is 2.00 bits per heavy atom. The maximum atomic E-state index is 12.6. The fourth-order valence-electron chi connectivity index (χ4n) is 2.28. The number of pyridine rings is 1. The topological polar surface area (TPSA) is 59.5 Å². The second-order valence-electron chi connectivity index (χ2n) is 5.61. The van der Waals surface area contributed by atoms with Crippen LogP contribution >= 0.6 is 11.8 Å². The predicted octanol–water partition coefficient (Wildman–Crippen LogP) is 2.83. The number of rotatable bonds is 8. The van der Waals surface area contributed by atoms with Crippen molar-refractivity contribution in [3.63, 3.8) is 0 Å². The van der Waals surface area contributed by atoms with E-state index < -0.39 is 5.97 Å². The van der Waals surface area contributed by atoms with Gasteiger partial charge in [-0.05, 0) is 29.7 Å². The summed E-state index contributed by atoms with van der Waals surface area (Å²) in [6.07, 6.45) is 3.51. The molecule has 0 unspecified atom stereocenters. The lowest BCUT2D eigenvalue weighted by atomic mass is 10.1. The van der Waals surface area contributed by atoms with E-state index in [1.807, 2.05) is 43.3 Å². The second kappa shape index (κ2) is 9.84. The molecule has 1 heterocycles. The molecule has 0 radical (unpaired) electrons. The molecule has 0 aliphatic heterocycles. The first kappa shape index (κ1) is 19.0. The van der Waals surface area contributed by atoms with Gasteiger partial charge in [-0.2, -0.15) is 0 Å². The summed E-state index contributed by atoms with van der Waals surface area (Å²) in [5.41, 5.74) is 3.18. The van der Waals surface area contributed by atoms with E-state index in [-0.39, 0.29) is 12.5 Å². The maximum absolute atomic E-state index is 12.6. The summed E-state index contributed by atoms with van der Waals surface area (Å²) in [4.78, 5) is 29.9. The van der Waals surface area contributed by atoms with Crippen molar-refractivity contribution in [2.75, 3.05) is 19.4 Å². The fourth-order valence-corrected chi connectivity index (χ4v) is 3.14. The quantitative estimate of drug-likeness (QED) is 0.679. The van der Waals surface area contributed by atoms with Gasteiger partial charge in [-0.25, -0.2) is 0 Å². The largest absolute Gasteiger partial charge is 0.468 e. The monoisotopic (exact) mass is 358 g/mol. The lowest BCUT2D eigenvalue weighted by molar-refractivity contribution is -0.146. The molecule has 25 heavy (non-hydrogen) atoms. The molecule has 0 aliphatic carbocycles. The molecule has 0 N–H and O–H groups in total. The number of esters is 1. The summed E-state index contributed by atoms with van der Waals surface area (Å²) in [7, 11) is 1.33. The molecular weight excluding hydrogens is 336 g/mol. The number of hydrogen-bond acceptors (Lipinski definition) is 5. The summed E-state index contributed by atoms with van der Waals surface area (Å²) in [5, 5.41) is 0. The van der Waals surface area contributed by atoms with Crippen LogP contribution < -0.4 is 0 Å². The normalized spacial score (nSPS) is 10.3. The van der Waals surface area contributed by atoms with Gasteiger partial charge in [-0.15, -0.1) is 11.8 Å². The van der Waals surface area contributed by atoms with Crippen LogP contribution in [0.5, 0.6) is 0 Å². The van der Waals surface area contributed by atoms with Crippen molar-refractivity contribution in [3.8, 4) is 0 Å². The minimum absolute atomic E-state index is 0.0445. The highest BCUT2D eigenvalue weighted by molar-refractivity contribution is 7.99. The third-order valence-electron chi connectivity index (χ3n) is 3.74. The summed E-state index contributed by atoms with van der Waals surface area (Å²) >= 11 is 1.51. The van der Waals surface area contributed by atoms with Crippen LogP contribution in [0.2, 0.25) is 0 Å². The van der Waals surface area contributed by atoms with E-state index in [0.29, 0.717) is 18.1 Å². The fraction of sp³-hybridized carbons (Fsp3) is 0.316. The van der Waals surface area contributed by atoms with Crippen molar-refractivity contribution < 1.29 is 14.3 Å². The van der Waals surface area contributed by atoms with Crippen molar-refractivity contribution in [3.05, 3.63) is 65.5 Å². The van der Waals surface area contributed by atoms with E-state index >= 15 is 0 Å². The number of carbonyl (C=O) groups is 2. The van der Waals surface area contributed by atoms with Crippen molar-refractivity contribution >= 4 is 23.6 Å². The van der Waals surface area contributed by atoms with E-state index in [9.17, 15) is 9.59 Å². The number of ether oxygens (including phenoxy) is 1. The first-order chi connectivity index (χ1) is 12.1. The smallest absolute Gasteiger partial charge is 0.325 e. The number of nitrogens with zero attached hydrogens (tertiary/aromatic N) is 2. The van der Waals surface area contributed by atoms with E-state index in [4.69, 9.17) is 4.74 Å². The molecule has 0 bridgehead atoms. The minimum Gasteiger partial charge on any atom is -0.468 e. The Morgan fingerprint density at radius 3 is 2.68 bits per heavy atom. The lowest BCUT2D eigenvalue weighted by Gasteiger charge is -2.22. The summed E-state index contributed by atoms with van der Waals surface area (Å²) in [5.74, 6) is 0.509. The minimum atomic E-state index is -0.417. The van der Waals surface area contributed by atoms with Crippen LogP contribution in [0, 0.1) is 6.92 Å². The average molecular weight is 358 g/mol. The lowest BCUT2D eigenvalue weighted by Crippen LogP contribution is -2.37. The Bertz CT molecular complexity index is 707. The first-order valence-electron chi connectivity index (χ1n) is 7.96. The van der Waals surface area contributed by atoms with Crippen molar-refractivity contribution in [2.24, 2.45) is 0 Å². The molecule has 0 fully saturated rings. The molecule has 1 aromatic heterocycles. The van der Waals surface area contributed by atoms with Crippen molar-refractivity contribution in [2.45, 2.75) is 19.2 Å². The molecule has 0 saturated carbocycles. The molecular formula is C19H22N2O3S. The van der Waals surface area contributed by atoms with Crippen LogP contribution in [-0.2, 0) is 26.6 Å². The zero-order chi connectivity index (χ0) is 18.1. The van der Waals surface area contributed by atoms with Crippen molar-refractivity contribution in [1.82, 2.24) is 9.88 Å². The van der Waals surface area contributed by atoms with Crippen molar-refractivity contribution in [1.29, 1.82) is 0 Å². The average Bonchev–Trinajstić information content (AvgIpc) is 2.63. The number of methoxy groups -OCH3 is 1. The molecule has 132 valence electrons. The number of aryl methyl sites for hydroxylation is 1. The van der Waals surface area contributed by atoms with Gasteiger partial charge in [0.25, 0.3) is 0 Å². The first-order valence-corrected chi connectivity index (χ1v) is 9.11. The number of thioether (sulfide) groups is 1. The molecule has 1 amide bonds. The van der Waals surface area contributed by atoms with Crippen LogP contribution in [0.4, 0.5) is 0 Å². The molecule has 2 aromatic rings. The number of benzene rings is 1. The molecule has 6 heteroatoms. The summed E-state index contributed by atoms with van der Waals surface area (Å²) in [6.45, 7) is 2.35. The zero-order valence-corrected chi connectivity index (χ0v) is 15.3. The third-order valence-corrected chi connectivity index (χ3v) is 4.73. The van der Waals surface area contributed by atoms with Crippen LogP contribution in [0.1, 0.15) is 16.7 Å². The summed E-state index contributed by atoms with van der Waals surface area (Å²) in [6, 6.07) is 11.7. The number of carbonyl (C=O) groups excluding carboxylic acids is 2. The second-order valence-corrected chi connectivity index (χ2v) is 6.59. The highest BCUT2D eigenvalue weighted by Gasteiger charge is 2.18. The molecule has 0 atom stereocenters. The van der Waals surface area contributed by atoms with E-state index in [1.165, 1.54) is 18.9 Å². The van der Waals surface area contributed by atoms with Gasteiger partial charge in [0.1, 0.15) is 6.54 Å². The number of hydrogen-bond donors (Lipinski definition) is 0. The van der Waals surface area contributed by atoms with Gasteiger partial charge in [-0.3, -0.25) is 14.6 Å². The number of amides is 1. The summed E-state index contributed by atoms with van der Waals surface area (Å²) < 4.78 is 4.72. The van der Waals surface area contributed by atoms with Gasteiger partial charge < -0.3 is 9.64 Å². The third kappa shape index (κ3) is 6.23. The van der Waals surface area contributed by atoms with Gasteiger partial charge in [-0.1, -0.05) is 30.3 Å². The Hall–Kier alpha value is -2.34. The van der Waals surface area contributed by atoms with Crippen LogP contribution in [0.25, 0.3) is 0 Å². The van der Waals surface area contributed by atoms with Gasteiger partial charge in [0, 0.05) is 24.7 Å². The molecule has 0 saturated heterocycles. The van der Waals surface area contributed by atoms with E-state index in [0.717, 1.165) is 16.7 Å². The van der Waals surface area contributed by atoms with Crippen LogP contribution in [-0.4, -0.2) is 41.2 Å². The highest BCUT2D eigenvalue weighted by atomic mass is 32.2. The van der Waals surface area contributed by atoms with Crippen LogP contribution in [0.15, 0.2) is 48.8 Å². The Labute approximate surface area is 152 Å². The SMILES string of the molecule is COC(=O)CN(Cc1ccccc1C)C(=O)CSCc1cccnc1. The Kier molecular flexibility index (Phi) is 7.47. The maximum Gasteiger partial charge on any atom is 0.325 e. The molecule has 1 aromatic carbocycles. The zero-order valence-electron chi connectivity index (χ0n) is 14.5. The Balaban J connectivity index is 1.97. The van der Waals surface area contributed by atoms with Crippen LogP contribution in [0.3, 0.4) is 0 Å². The standard InChI is InChI=1S/C19H22N2O3S/c1-15-6-3-4-8-17(15)11-21(12-19(23)24-2)18(22)14-25-13-16-7-5-9-20-10-16/h3-10H,11-14H2,1-2H3. The molecule has 5 nitrogen and oxygen atoms in total. The molecule has 0 spiro atoms. The molecule has 0 aliphatic rings. The Morgan fingerprint density at radius 1 is 1.20 bits per heavy atom. The van der Waals surface area contributed by atoms with Gasteiger partial charge in [0.2, 0.25) is 5.91 Å². The predicted molar refractivity (Wildman–Crippen MR) is 99.0 cm³/mol. The van der Waals surface area contributed by atoms with E-state index in [2.05, 4.69) is 4.98 Å². The molecule has 2 rings (SSSR count). The van der Waals surface area contributed by atoms with Gasteiger partial charge >= 0.3 is 5.97 Å². The number of aromatic nitrogens is 1. The van der Waals surface area contributed by atoms with Gasteiger partial charge in [0.15, 0.2) is 0 Å².